The Morgan fingerprint density at radius 1 is 0.909 bits per heavy atom. The van der Waals surface area contributed by atoms with Gasteiger partial charge in [-0.25, -0.2) is 8.42 Å². The average molecular weight is 469 g/mol. The number of nitrogens with one attached hydrogen (secondary N) is 1. The molecule has 3 rings (SSSR count). The lowest BCUT2D eigenvalue weighted by molar-refractivity contribution is -0.119. The molecule has 0 heterocycles. The zero-order valence-electron chi connectivity index (χ0n) is 18.9. The maximum Gasteiger partial charge on any atom is 0.264 e. The highest BCUT2D eigenvalue weighted by molar-refractivity contribution is 7.92. The van der Waals surface area contributed by atoms with E-state index < -0.39 is 15.9 Å². The fraction of sp³-hybridized carbons (Fsp3) is 0.240. The fourth-order valence-corrected chi connectivity index (χ4v) is 4.57. The number of carbonyl (C=O) groups is 1. The van der Waals surface area contributed by atoms with Gasteiger partial charge in [-0.2, -0.15) is 0 Å². The molecule has 0 atom stereocenters. The number of hydrogen-bond donors (Lipinski definition) is 1. The number of amides is 1. The van der Waals surface area contributed by atoms with Gasteiger partial charge in [-0.3, -0.25) is 9.10 Å². The van der Waals surface area contributed by atoms with Crippen LogP contribution >= 0.6 is 0 Å². The third-order valence-electron chi connectivity index (χ3n) is 5.15. The number of sulfonamides is 1. The second-order valence-electron chi connectivity index (χ2n) is 7.47. The summed E-state index contributed by atoms with van der Waals surface area (Å²) in [6.07, 6.45) is 0. The van der Waals surface area contributed by atoms with E-state index in [-0.39, 0.29) is 24.6 Å². The number of nitrogens with zero attached hydrogens (tertiary/aromatic N) is 1. The SMILES string of the molecule is COc1ccc(N(CC(=O)NCCOc2ccc(C)c(C)c2)S(=O)(=O)c2ccccc2)cc1. The van der Waals surface area contributed by atoms with E-state index in [1.54, 1.807) is 42.5 Å². The zero-order chi connectivity index (χ0) is 23.8. The zero-order valence-corrected chi connectivity index (χ0v) is 19.8. The Bertz CT molecular complexity index is 1180. The highest BCUT2D eigenvalue weighted by Crippen LogP contribution is 2.25. The number of hydrogen-bond acceptors (Lipinski definition) is 5. The van der Waals surface area contributed by atoms with E-state index in [2.05, 4.69) is 5.32 Å². The van der Waals surface area contributed by atoms with Gasteiger partial charge in [0, 0.05) is 0 Å². The molecule has 33 heavy (non-hydrogen) atoms. The summed E-state index contributed by atoms with van der Waals surface area (Å²) in [5, 5.41) is 2.73. The standard InChI is InChI=1S/C25H28N2O5S/c1-19-9-12-23(17-20(19)2)32-16-15-26-25(28)18-27(21-10-13-22(31-3)14-11-21)33(29,30)24-7-5-4-6-8-24/h4-14,17H,15-16,18H2,1-3H3,(H,26,28). The van der Waals surface area contributed by atoms with Gasteiger partial charge in [0.2, 0.25) is 5.91 Å². The molecule has 0 bridgehead atoms. The van der Waals surface area contributed by atoms with Crippen molar-refractivity contribution in [2.75, 3.05) is 31.1 Å². The first-order chi connectivity index (χ1) is 15.8. The van der Waals surface area contributed by atoms with Crippen molar-refractivity contribution < 1.29 is 22.7 Å². The first-order valence-corrected chi connectivity index (χ1v) is 11.9. The van der Waals surface area contributed by atoms with Gasteiger partial charge in [0.15, 0.2) is 0 Å². The van der Waals surface area contributed by atoms with Gasteiger partial charge in [0.05, 0.1) is 24.2 Å². The number of rotatable bonds is 10. The minimum absolute atomic E-state index is 0.103. The molecule has 174 valence electrons. The van der Waals surface area contributed by atoms with Crippen LogP contribution in [0.2, 0.25) is 0 Å². The van der Waals surface area contributed by atoms with Crippen LogP contribution in [0, 0.1) is 13.8 Å². The predicted octanol–water partition coefficient (Wildman–Crippen LogP) is 3.70. The molecule has 0 saturated heterocycles. The van der Waals surface area contributed by atoms with E-state index >= 15 is 0 Å². The van der Waals surface area contributed by atoms with E-state index in [1.807, 2.05) is 32.0 Å². The van der Waals surface area contributed by atoms with Crippen LogP contribution in [0.3, 0.4) is 0 Å². The Balaban J connectivity index is 1.68. The number of methoxy groups -OCH3 is 1. The Kier molecular flexibility index (Phi) is 7.95. The molecular formula is C25H28N2O5S. The van der Waals surface area contributed by atoms with Crippen molar-refractivity contribution in [1.29, 1.82) is 0 Å². The van der Waals surface area contributed by atoms with Crippen LogP contribution in [0.25, 0.3) is 0 Å². The third kappa shape index (κ3) is 6.26. The Hall–Kier alpha value is -3.52. The van der Waals surface area contributed by atoms with Gasteiger partial charge in [-0.1, -0.05) is 24.3 Å². The number of ether oxygens (including phenoxy) is 2. The summed E-state index contributed by atoms with van der Waals surface area (Å²) in [7, 11) is -2.42. The predicted molar refractivity (Wildman–Crippen MR) is 128 cm³/mol. The van der Waals surface area contributed by atoms with Crippen molar-refractivity contribution >= 4 is 21.6 Å². The van der Waals surface area contributed by atoms with Crippen molar-refractivity contribution in [1.82, 2.24) is 5.32 Å². The summed E-state index contributed by atoms with van der Waals surface area (Å²) in [5.41, 5.74) is 2.66. The summed E-state index contributed by atoms with van der Waals surface area (Å²) in [5.74, 6) is 0.872. The lowest BCUT2D eigenvalue weighted by atomic mass is 10.1. The normalized spacial score (nSPS) is 11.0. The summed E-state index contributed by atoms with van der Waals surface area (Å²) >= 11 is 0. The molecule has 8 heteroatoms. The Labute approximate surface area is 195 Å². The topological polar surface area (TPSA) is 84.9 Å². The molecule has 1 amide bonds. The molecule has 0 aliphatic carbocycles. The van der Waals surface area contributed by atoms with Gasteiger partial charge in [0.1, 0.15) is 24.7 Å². The van der Waals surface area contributed by atoms with Crippen molar-refractivity contribution in [2.24, 2.45) is 0 Å². The first-order valence-electron chi connectivity index (χ1n) is 10.5. The molecule has 0 spiro atoms. The second kappa shape index (κ2) is 10.9. The number of carbonyl (C=O) groups excluding carboxylic acids is 1. The van der Waals surface area contributed by atoms with E-state index in [0.717, 1.165) is 15.6 Å². The van der Waals surface area contributed by atoms with Gasteiger partial charge in [0.25, 0.3) is 10.0 Å². The number of anilines is 1. The van der Waals surface area contributed by atoms with Crippen LogP contribution < -0.4 is 19.1 Å². The molecule has 0 aliphatic rings. The largest absolute Gasteiger partial charge is 0.497 e. The van der Waals surface area contributed by atoms with Crippen LogP contribution in [-0.4, -0.2) is 41.1 Å². The molecule has 0 radical (unpaired) electrons. The molecule has 3 aromatic rings. The van der Waals surface area contributed by atoms with Crippen LogP contribution in [0.1, 0.15) is 11.1 Å². The van der Waals surface area contributed by atoms with Crippen LogP contribution in [0.15, 0.2) is 77.7 Å². The fourth-order valence-electron chi connectivity index (χ4n) is 3.13. The van der Waals surface area contributed by atoms with E-state index in [4.69, 9.17) is 9.47 Å². The summed E-state index contributed by atoms with van der Waals surface area (Å²) in [6.45, 7) is 4.17. The molecule has 1 N–H and O–H groups in total. The molecular weight excluding hydrogens is 440 g/mol. The minimum atomic E-state index is -3.95. The van der Waals surface area contributed by atoms with Gasteiger partial charge >= 0.3 is 0 Å². The Morgan fingerprint density at radius 3 is 2.21 bits per heavy atom. The van der Waals surface area contributed by atoms with Gasteiger partial charge < -0.3 is 14.8 Å². The van der Waals surface area contributed by atoms with Crippen LogP contribution in [-0.2, 0) is 14.8 Å². The lowest BCUT2D eigenvalue weighted by Gasteiger charge is -2.24. The van der Waals surface area contributed by atoms with E-state index in [9.17, 15) is 13.2 Å². The molecule has 3 aromatic carbocycles. The van der Waals surface area contributed by atoms with Gasteiger partial charge in [-0.15, -0.1) is 0 Å². The highest BCUT2D eigenvalue weighted by atomic mass is 32.2. The average Bonchev–Trinajstić information content (AvgIpc) is 2.83. The first kappa shape index (κ1) is 24.1. The monoisotopic (exact) mass is 468 g/mol. The number of benzene rings is 3. The van der Waals surface area contributed by atoms with Crippen molar-refractivity contribution in [3.63, 3.8) is 0 Å². The molecule has 0 aliphatic heterocycles. The molecule has 0 unspecified atom stereocenters. The molecule has 7 nitrogen and oxygen atoms in total. The Morgan fingerprint density at radius 2 is 1.58 bits per heavy atom. The van der Waals surface area contributed by atoms with Gasteiger partial charge in [-0.05, 0) is 73.5 Å². The molecule has 0 saturated carbocycles. The van der Waals surface area contributed by atoms with E-state index in [1.165, 1.54) is 24.8 Å². The van der Waals surface area contributed by atoms with Crippen molar-refractivity contribution in [2.45, 2.75) is 18.7 Å². The maximum atomic E-state index is 13.3. The third-order valence-corrected chi connectivity index (χ3v) is 6.94. The quantitative estimate of drug-likeness (QED) is 0.459. The maximum absolute atomic E-state index is 13.3. The van der Waals surface area contributed by atoms with Crippen LogP contribution in [0.5, 0.6) is 11.5 Å². The van der Waals surface area contributed by atoms with Crippen LogP contribution in [0.4, 0.5) is 5.69 Å². The summed E-state index contributed by atoms with van der Waals surface area (Å²) in [6, 6.07) is 20.3. The molecule has 0 aromatic heterocycles. The lowest BCUT2D eigenvalue weighted by Crippen LogP contribution is -2.41. The van der Waals surface area contributed by atoms with Crippen molar-refractivity contribution in [3.05, 3.63) is 83.9 Å². The second-order valence-corrected chi connectivity index (χ2v) is 9.33. The smallest absolute Gasteiger partial charge is 0.264 e. The summed E-state index contributed by atoms with van der Waals surface area (Å²) < 4.78 is 38.5. The highest BCUT2D eigenvalue weighted by Gasteiger charge is 2.27. The summed E-state index contributed by atoms with van der Waals surface area (Å²) in [4.78, 5) is 12.7. The minimum Gasteiger partial charge on any atom is -0.497 e. The molecule has 0 fully saturated rings. The van der Waals surface area contributed by atoms with Crippen molar-refractivity contribution in [3.8, 4) is 11.5 Å². The van der Waals surface area contributed by atoms with E-state index in [0.29, 0.717) is 11.4 Å². The number of aryl methyl sites for hydroxylation is 2.